The summed E-state index contributed by atoms with van der Waals surface area (Å²) in [5.41, 5.74) is -3.35. The van der Waals surface area contributed by atoms with Gasteiger partial charge in [0.25, 0.3) is 5.92 Å². The standard InChI is InChI=1S/C39H34ClF8N7O5S2/c1-36(2,61(3,57)58)15-14-21-10-11-22(23-12-13-26(40)30-32(23)55(19-37(41,42)43)52-35(30)53-62(4,59)60)31(49-21)27(16-20-8-6-5-7-9-20)50-28(56)18-54-34-29(33(51-54)39(46,47)48)24-17-25(24)38(34,44)45/h5-13,24-25,27H,16-19H2,1-4H3,(H,50,56)(H,52,53)/t24-,25+,27-/m0/s1. The predicted octanol–water partition coefficient (Wildman–Crippen LogP) is 7.38. The van der Waals surface area contributed by atoms with E-state index in [1.54, 1.807) is 30.3 Å². The summed E-state index contributed by atoms with van der Waals surface area (Å²) in [6.07, 6.45) is -8.66. The highest BCUT2D eigenvalue weighted by molar-refractivity contribution is 7.92. The Balaban J connectivity index is 1.43. The third kappa shape index (κ3) is 8.83. The maximum Gasteiger partial charge on any atom is 0.435 e. The number of rotatable bonds is 11. The average Bonchev–Trinajstić information content (AvgIpc) is 3.67. The molecule has 62 heavy (non-hydrogen) atoms. The first kappa shape index (κ1) is 44.8. The molecule has 12 nitrogen and oxygen atoms in total. The third-order valence-corrected chi connectivity index (χ3v) is 13.4. The quantitative estimate of drug-likeness (QED) is 0.103. The van der Waals surface area contributed by atoms with Crippen LogP contribution < -0.4 is 10.0 Å². The number of nitrogens with one attached hydrogen (secondary N) is 2. The number of anilines is 1. The molecule has 0 spiro atoms. The topological polar surface area (TPSA) is 158 Å². The van der Waals surface area contributed by atoms with E-state index in [0.717, 1.165) is 12.5 Å². The van der Waals surface area contributed by atoms with Crippen molar-refractivity contribution in [3.8, 4) is 23.0 Å². The first-order chi connectivity index (χ1) is 28.6. The van der Waals surface area contributed by atoms with Gasteiger partial charge in [-0.2, -0.15) is 45.3 Å². The highest BCUT2D eigenvalue weighted by Crippen LogP contribution is 2.68. The van der Waals surface area contributed by atoms with Crippen LogP contribution in [0.25, 0.3) is 22.0 Å². The number of pyridine rings is 1. The van der Waals surface area contributed by atoms with Crippen molar-refractivity contribution in [2.75, 3.05) is 17.2 Å². The Kier molecular flexibility index (Phi) is 11.0. The van der Waals surface area contributed by atoms with Crippen molar-refractivity contribution in [1.82, 2.24) is 29.9 Å². The molecule has 2 aliphatic carbocycles. The smallest absolute Gasteiger partial charge is 0.346 e. The van der Waals surface area contributed by atoms with E-state index in [9.17, 15) is 48.0 Å². The molecule has 23 heteroatoms. The number of sulfonamides is 1. The van der Waals surface area contributed by atoms with Crippen LogP contribution in [0.3, 0.4) is 0 Å². The molecule has 1 amide bonds. The summed E-state index contributed by atoms with van der Waals surface area (Å²) in [5, 5.41) is 9.54. The Morgan fingerprint density at radius 1 is 0.952 bits per heavy atom. The zero-order chi connectivity index (χ0) is 45.5. The molecular formula is C39H34ClF8N7O5S2. The van der Waals surface area contributed by atoms with Gasteiger partial charge in [0.2, 0.25) is 15.9 Å². The molecule has 0 saturated heterocycles. The minimum absolute atomic E-state index is 0.0130. The molecule has 0 bridgehead atoms. The monoisotopic (exact) mass is 931 g/mol. The summed E-state index contributed by atoms with van der Waals surface area (Å²) < 4.78 is 166. The largest absolute Gasteiger partial charge is 0.435 e. The van der Waals surface area contributed by atoms with Crippen LogP contribution in [0.2, 0.25) is 5.02 Å². The van der Waals surface area contributed by atoms with Crippen molar-refractivity contribution in [2.45, 2.75) is 74.8 Å². The zero-order valence-electron chi connectivity index (χ0n) is 32.8. The van der Waals surface area contributed by atoms with E-state index in [1.165, 1.54) is 38.1 Å². The van der Waals surface area contributed by atoms with Gasteiger partial charge >= 0.3 is 12.4 Å². The Morgan fingerprint density at radius 2 is 1.61 bits per heavy atom. The van der Waals surface area contributed by atoms with E-state index in [-0.39, 0.29) is 51.3 Å². The maximum atomic E-state index is 15.5. The molecule has 0 unspecified atom stereocenters. The molecule has 2 N–H and O–H groups in total. The lowest BCUT2D eigenvalue weighted by Crippen LogP contribution is -2.35. The maximum absolute atomic E-state index is 15.5. The molecule has 5 aromatic rings. The first-order valence-electron chi connectivity index (χ1n) is 18.4. The van der Waals surface area contributed by atoms with Crippen molar-refractivity contribution >= 4 is 54.1 Å². The molecule has 3 aromatic heterocycles. The van der Waals surface area contributed by atoms with Crippen LogP contribution in [0, 0.1) is 17.8 Å². The molecular weight excluding hydrogens is 898 g/mol. The molecule has 7 rings (SSSR count). The number of carbonyl (C=O) groups is 1. The normalized spacial score (nSPS) is 17.8. The number of sulfone groups is 1. The van der Waals surface area contributed by atoms with Crippen molar-refractivity contribution in [3.05, 3.63) is 93.5 Å². The fourth-order valence-corrected chi connectivity index (χ4v) is 8.38. The lowest BCUT2D eigenvalue weighted by atomic mass is 9.93. The molecule has 1 saturated carbocycles. The highest BCUT2D eigenvalue weighted by Gasteiger charge is 2.68. The fourth-order valence-electron chi connectivity index (χ4n) is 7.41. The lowest BCUT2D eigenvalue weighted by Gasteiger charge is -2.23. The SMILES string of the molecule is CC(C)(C#Cc1ccc(-c2ccc(Cl)c3c(NS(C)(=O)=O)nn(CC(F)(F)F)c23)c([C@H](Cc2ccccc2)NC(=O)Cn2nc(C(F)(F)F)c3c2C(F)(F)[C@@H]2C[C@H]32)n1)S(C)(=O)=O. The number of hydrogen-bond donors (Lipinski definition) is 2. The number of aromatic nitrogens is 5. The van der Waals surface area contributed by atoms with Gasteiger partial charge in [-0.05, 0) is 62.3 Å². The van der Waals surface area contributed by atoms with Gasteiger partial charge in [0, 0.05) is 28.9 Å². The molecule has 330 valence electrons. The second-order valence-corrected chi connectivity index (χ2v) is 20.3. The molecule has 3 atom stereocenters. The Morgan fingerprint density at radius 3 is 2.23 bits per heavy atom. The number of nitrogens with zero attached hydrogens (tertiary/aromatic N) is 5. The highest BCUT2D eigenvalue weighted by atomic mass is 35.5. The molecule has 0 radical (unpaired) electrons. The van der Waals surface area contributed by atoms with Gasteiger partial charge in [-0.3, -0.25) is 18.9 Å². The molecule has 2 aliphatic rings. The summed E-state index contributed by atoms with van der Waals surface area (Å²) in [4.78, 5) is 18.7. The van der Waals surface area contributed by atoms with E-state index in [2.05, 4.69) is 37.1 Å². The van der Waals surface area contributed by atoms with Crippen LogP contribution in [0.5, 0.6) is 0 Å². The van der Waals surface area contributed by atoms with Gasteiger partial charge in [0.1, 0.15) is 29.2 Å². The zero-order valence-corrected chi connectivity index (χ0v) is 35.1. The van der Waals surface area contributed by atoms with Gasteiger partial charge in [-0.1, -0.05) is 53.9 Å². The minimum Gasteiger partial charge on any atom is -0.346 e. The van der Waals surface area contributed by atoms with Gasteiger partial charge < -0.3 is 5.32 Å². The van der Waals surface area contributed by atoms with E-state index in [0.29, 0.717) is 14.9 Å². The van der Waals surface area contributed by atoms with Crippen LogP contribution >= 0.6 is 11.6 Å². The number of benzene rings is 2. The van der Waals surface area contributed by atoms with Crippen LogP contribution in [0.15, 0.2) is 54.6 Å². The Bertz CT molecular complexity index is 2920. The number of alkyl halides is 8. The summed E-state index contributed by atoms with van der Waals surface area (Å²) in [5.74, 6) is -2.52. The van der Waals surface area contributed by atoms with Crippen molar-refractivity contribution in [2.24, 2.45) is 5.92 Å². The number of halogens is 9. The van der Waals surface area contributed by atoms with E-state index in [4.69, 9.17) is 11.6 Å². The Hall–Kier alpha value is -5.27. The van der Waals surface area contributed by atoms with Crippen molar-refractivity contribution in [3.63, 3.8) is 0 Å². The van der Waals surface area contributed by atoms with Gasteiger partial charge in [-0.25, -0.2) is 21.8 Å². The van der Waals surface area contributed by atoms with E-state index in [1.807, 2.05) is 0 Å². The average molecular weight is 932 g/mol. The second-order valence-electron chi connectivity index (χ2n) is 15.6. The van der Waals surface area contributed by atoms with Gasteiger partial charge in [0.05, 0.1) is 33.9 Å². The van der Waals surface area contributed by atoms with Crippen LogP contribution in [0.1, 0.15) is 66.1 Å². The Labute approximate surface area is 354 Å². The summed E-state index contributed by atoms with van der Waals surface area (Å²) in [6.45, 7) is -0.179. The minimum atomic E-state index is -5.11. The van der Waals surface area contributed by atoms with Gasteiger partial charge in [0.15, 0.2) is 21.3 Å². The third-order valence-electron chi connectivity index (χ3n) is 10.5. The summed E-state index contributed by atoms with van der Waals surface area (Å²) in [6, 6.07) is 12.1. The van der Waals surface area contributed by atoms with Crippen molar-refractivity contribution < 1.29 is 56.8 Å². The van der Waals surface area contributed by atoms with E-state index >= 15 is 8.78 Å². The molecule has 1 fully saturated rings. The predicted molar refractivity (Wildman–Crippen MR) is 211 cm³/mol. The molecule has 2 aromatic carbocycles. The number of hydrogen-bond acceptors (Lipinski definition) is 8. The van der Waals surface area contributed by atoms with E-state index < -0.39 is 103 Å². The van der Waals surface area contributed by atoms with Crippen molar-refractivity contribution in [1.29, 1.82) is 0 Å². The van der Waals surface area contributed by atoms with Crippen LogP contribution in [-0.2, 0) is 56.3 Å². The van der Waals surface area contributed by atoms with Gasteiger partial charge in [-0.15, -0.1) is 0 Å². The number of carbonyl (C=O) groups excluding carboxylic acids is 1. The summed E-state index contributed by atoms with van der Waals surface area (Å²) in [7, 11) is -7.91. The summed E-state index contributed by atoms with van der Waals surface area (Å²) >= 11 is 6.50. The molecule has 3 heterocycles. The second kappa shape index (κ2) is 15.2. The van der Waals surface area contributed by atoms with Crippen LogP contribution in [0.4, 0.5) is 40.9 Å². The van der Waals surface area contributed by atoms with Crippen LogP contribution in [-0.4, -0.2) is 70.7 Å². The lowest BCUT2D eigenvalue weighted by molar-refractivity contribution is -0.142. The fraction of sp³-hybridized carbons (Fsp3) is 0.385. The molecule has 0 aliphatic heterocycles. The number of fused-ring (bicyclic) bond motifs is 4. The number of amides is 1. The first-order valence-corrected chi connectivity index (χ1v) is 22.6.